The van der Waals surface area contributed by atoms with Gasteiger partial charge in [-0.2, -0.15) is 0 Å². The van der Waals surface area contributed by atoms with Crippen LogP contribution >= 0.6 is 34.8 Å². The predicted molar refractivity (Wildman–Crippen MR) is 79.1 cm³/mol. The van der Waals surface area contributed by atoms with Crippen LogP contribution in [0.25, 0.3) is 0 Å². The van der Waals surface area contributed by atoms with E-state index in [1.165, 1.54) is 6.20 Å². The van der Waals surface area contributed by atoms with Gasteiger partial charge >= 0.3 is 5.97 Å². The van der Waals surface area contributed by atoms with Crippen LogP contribution < -0.4 is 5.32 Å². The highest BCUT2D eigenvalue weighted by Crippen LogP contribution is 2.27. The van der Waals surface area contributed by atoms with E-state index >= 15 is 0 Å². The molecule has 0 bridgehead atoms. The number of benzene rings is 1. The third kappa shape index (κ3) is 5.82. The standard InChI is InChI=1S/C13H12Cl3NO3/c14-13(15,16)11(18)6-7-17-10(12(19)20)8-9-4-2-1-3-5-9/h1-7,10,17H,8H2,(H,19,20)/b7-6-/t10-/m0/s1. The molecule has 0 aliphatic heterocycles. The van der Waals surface area contributed by atoms with Crippen LogP contribution in [0.4, 0.5) is 0 Å². The minimum atomic E-state index is -2.05. The fourth-order valence-corrected chi connectivity index (χ4v) is 1.59. The first kappa shape index (κ1) is 16.8. The average molecular weight is 337 g/mol. The van der Waals surface area contributed by atoms with Crippen LogP contribution in [-0.2, 0) is 16.0 Å². The minimum absolute atomic E-state index is 0.266. The molecule has 2 N–H and O–H groups in total. The average Bonchev–Trinajstić information content (AvgIpc) is 2.37. The van der Waals surface area contributed by atoms with Crippen LogP contribution in [0.15, 0.2) is 42.6 Å². The van der Waals surface area contributed by atoms with Crippen molar-refractivity contribution in [3.05, 3.63) is 48.2 Å². The SMILES string of the molecule is O=C(O)[C@H](Cc1ccccc1)N/C=C\C(=O)C(Cl)(Cl)Cl. The molecule has 0 unspecified atom stereocenters. The highest BCUT2D eigenvalue weighted by molar-refractivity contribution is 6.77. The maximum absolute atomic E-state index is 11.3. The van der Waals surface area contributed by atoms with Crippen molar-refractivity contribution in [1.82, 2.24) is 5.32 Å². The Bertz CT molecular complexity index is 497. The fraction of sp³-hybridized carbons (Fsp3) is 0.231. The smallest absolute Gasteiger partial charge is 0.326 e. The molecule has 0 amide bonds. The van der Waals surface area contributed by atoms with Gasteiger partial charge in [-0.15, -0.1) is 0 Å². The van der Waals surface area contributed by atoms with Crippen LogP contribution in [0.3, 0.4) is 0 Å². The van der Waals surface area contributed by atoms with Crippen LogP contribution in [0, 0.1) is 0 Å². The number of allylic oxidation sites excluding steroid dienone is 1. The predicted octanol–water partition coefficient (Wildman–Crippen LogP) is 2.72. The summed E-state index contributed by atoms with van der Waals surface area (Å²) in [6, 6.07) is 8.22. The topological polar surface area (TPSA) is 66.4 Å². The number of hydrogen-bond donors (Lipinski definition) is 2. The summed E-state index contributed by atoms with van der Waals surface area (Å²) in [7, 11) is 0. The fourth-order valence-electron chi connectivity index (χ4n) is 1.40. The Morgan fingerprint density at radius 1 is 1.25 bits per heavy atom. The van der Waals surface area contributed by atoms with Gasteiger partial charge in [0.25, 0.3) is 3.79 Å². The lowest BCUT2D eigenvalue weighted by Crippen LogP contribution is -2.35. The van der Waals surface area contributed by atoms with E-state index in [9.17, 15) is 9.59 Å². The number of aliphatic carboxylic acids is 1. The van der Waals surface area contributed by atoms with Crippen molar-refractivity contribution >= 4 is 46.6 Å². The van der Waals surface area contributed by atoms with Crippen molar-refractivity contribution < 1.29 is 14.7 Å². The van der Waals surface area contributed by atoms with Gasteiger partial charge in [-0.3, -0.25) is 4.79 Å². The van der Waals surface area contributed by atoms with Gasteiger partial charge in [0, 0.05) is 18.7 Å². The number of hydrogen-bond acceptors (Lipinski definition) is 3. The van der Waals surface area contributed by atoms with Crippen molar-refractivity contribution in [1.29, 1.82) is 0 Å². The molecule has 1 aromatic rings. The third-order valence-electron chi connectivity index (χ3n) is 2.39. The molecule has 108 valence electrons. The molecular weight excluding hydrogens is 325 g/mol. The molecule has 1 aromatic carbocycles. The summed E-state index contributed by atoms with van der Waals surface area (Å²) < 4.78 is -2.05. The van der Waals surface area contributed by atoms with Gasteiger partial charge in [0.15, 0.2) is 0 Å². The molecule has 0 aromatic heterocycles. The maximum Gasteiger partial charge on any atom is 0.326 e. The molecule has 1 atom stereocenters. The van der Waals surface area contributed by atoms with Gasteiger partial charge in [0.05, 0.1) is 0 Å². The lowest BCUT2D eigenvalue weighted by atomic mass is 10.1. The molecule has 0 saturated carbocycles. The number of rotatable bonds is 6. The van der Waals surface area contributed by atoms with Gasteiger partial charge < -0.3 is 10.4 Å². The van der Waals surface area contributed by atoms with Crippen LogP contribution in [0.2, 0.25) is 0 Å². The van der Waals surface area contributed by atoms with Crippen molar-refractivity contribution in [2.24, 2.45) is 0 Å². The lowest BCUT2D eigenvalue weighted by Gasteiger charge is -2.13. The Labute approximate surface area is 131 Å². The van der Waals surface area contributed by atoms with Crippen LogP contribution in [-0.4, -0.2) is 26.7 Å². The molecule has 0 aliphatic rings. The molecule has 20 heavy (non-hydrogen) atoms. The number of alkyl halides is 3. The zero-order valence-corrected chi connectivity index (χ0v) is 12.5. The second-order valence-electron chi connectivity index (χ2n) is 3.94. The Hall–Kier alpha value is -1.23. The normalized spacial score (nSPS) is 13.2. The molecule has 0 aliphatic carbocycles. The van der Waals surface area contributed by atoms with E-state index in [0.717, 1.165) is 11.6 Å². The Balaban J connectivity index is 2.63. The van der Waals surface area contributed by atoms with E-state index in [2.05, 4.69) is 5.32 Å². The monoisotopic (exact) mass is 335 g/mol. The van der Waals surface area contributed by atoms with Crippen molar-refractivity contribution in [3.63, 3.8) is 0 Å². The van der Waals surface area contributed by atoms with Gasteiger partial charge in [-0.05, 0) is 5.56 Å². The van der Waals surface area contributed by atoms with Crippen molar-refractivity contribution in [2.45, 2.75) is 16.3 Å². The molecular formula is C13H12Cl3NO3. The minimum Gasteiger partial charge on any atom is -0.480 e. The maximum atomic E-state index is 11.3. The first-order valence-corrected chi connectivity index (χ1v) is 6.74. The summed E-state index contributed by atoms with van der Waals surface area (Å²) in [6.45, 7) is 0. The number of carboxylic acid groups (broad SMARTS) is 1. The van der Waals surface area contributed by atoms with Gasteiger partial charge in [0.2, 0.25) is 5.78 Å². The van der Waals surface area contributed by atoms with Gasteiger partial charge in [0.1, 0.15) is 6.04 Å². The van der Waals surface area contributed by atoms with E-state index in [1.807, 2.05) is 30.3 Å². The molecule has 0 radical (unpaired) electrons. The lowest BCUT2D eigenvalue weighted by molar-refractivity contribution is -0.139. The zero-order chi connectivity index (χ0) is 15.2. The third-order valence-corrected chi connectivity index (χ3v) is 2.95. The number of carboxylic acids is 1. The highest BCUT2D eigenvalue weighted by atomic mass is 35.6. The Morgan fingerprint density at radius 2 is 1.85 bits per heavy atom. The van der Waals surface area contributed by atoms with Gasteiger partial charge in [-0.25, -0.2) is 4.79 Å². The summed E-state index contributed by atoms with van der Waals surface area (Å²) in [5, 5.41) is 11.7. The molecule has 4 nitrogen and oxygen atoms in total. The van der Waals surface area contributed by atoms with Crippen molar-refractivity contribution in [2.75, 3.05) is 0 Å². The quantitative estimate of drug-likeness (QED) is 0.619. The summed E-state index contributed by atoms with van der Waals surface area (Å²) >= 11 is 16.1. The number of carbonyl (C=O) groups excluding carboxylic acids is 1. The summed E-state index contributed by atoms with van der Waals surface area (Å²) in [6.07, 6.45) is 2.43. The second-order valence-corrected chi connectivity index (χ2v) is 6.22. The number of nitrogens with one attached hydrogen (secondary N) is 1. The van der Waals surface area contributed by atoms with E-state index in [4.69, 9.17) is 39.9 Å². The molecule has 1 rings (SSSR count). The molecule has 0 heterocycles. The summed E-state index contributed by atoms with van der Waals surface area (Å²) in [5.74, 6) is -1.79. The molecule has 0 fully saturated rings. The first-order chi connectivity index (χ1) is 9.30. The highest BCUT2D eigenvalue weighted by Gasteiger charge is 2.28. The second kappa shape index (κ2) is 7.53. The molecule has 0 spiro atoms. The number of carbonyl (C=O) groups is 2. The van der Waals surface area contributed by atoms with E-state index in [-0.39, 0.29) is 6.42 Å². The Morgan fingerprint density at radius 3 is 2.35 bits per heavy atom. The largest absolute Gasteiger partial charge is 0.480 e. The molecule has 7 heteroatoms. The first-order valence-electron chi connectivity index (χ1n) is 5.61. The van der Waals surface area contributed by atoms with E-state index < -0.39 is 21.6 Å². The summed E-state index contributed by atoms with van der Waals surface area (Å²) in [4.78, 5) is 22.4. The Kier molecular flexibility index (Phi) is 6.33. The number of halogens is 3. The van der Waals surface area contributed by atoms with Crippen LogP contribution in [0.5, 0.6) is 0 Å². The van der Waals surface area contributed by atoms with Crippen molar-refractivity contribution in [3.8, 4) is 0 Å². The molecule has 0 saturated heterocycles. The van der Waals surface area contributed by atoms with E-state index in [0.29, 0.717) is 0 Å². The van der Waals surface area contributed by atoms with Gasteiger partial charge in [-0.1, -0.05) is 65.1 Å². The summed E-state index contributed by atoms with van der Waals surface area (Å²) in [5.41, 5.74) is 0.855. The van der Waals surface area contributed by atoms with E-state index in [1.54, 1.807) is 0 Å². The number of ketones is 1. The van der Waals surface area contributed by atoms with Crippen LogP contribution in [0.1, 0.15) is 5.56 Å². The zero-order valence-electron chi connectivity index (χ0n) is 10.2.